The van der Waals surface area contributed by atoms with Gasteiger partial charge in [0.2, 0.25) is 12.7 Å². The lowest BCUT2D eigenvalue weighted by atomic mass is 10.1. The van der Waals surface area contributed by atoms with Gasteiger partial charge in [-0.3, -0.25) is 9.59 Å². The second-order valence-corrected chi connectivity index (χ2v) is 4.95. The minimum atomic E-state index is -0.471. The van der Waals surface area contributed by atoms with Crippen LogP contribution in [0, 0.1) is 11.3 Å². The van der Waals surface area contributed by atoms with Crippen molar-refractivity contribution in [3.8, 4) is 17.6 Å². The molecule has 0 fully saturated rings. The maximum Gasteiger partial charge on any atom is 0.257 e. The highest BCUT2D eigenvalue weighted by Gasteiger charge is 2.16. The lowest BCUT2D eigenvalue weighted by molar-refractivity contribution is -0.115. The summed E-state index contributed by atoms with van der Waals surface area (Å²) in [7, 11) is 0. The van der Waals surface area contributed by atoms with Gasteiger partial charge in [0.05, 0.1) is 17.3 Å². The van der Waals surface area contributed by atoms with Crippen molar-refractivity contribution < 1.29 is 19.1 Å². The smallest absolute Gasteiger partial charge is 0.257 e. The van der Waals surface area contributed by atoms with Crippen LogP contribution in [0.15, 0.2) is 42.5 Å². The molecule has 3 rings (SSSR count). The van der Waals surface area contributed by atoms with Crippen molar-refractivity contribution in [3.63, 3.8) is 0 Å². The van der Waals surface area contributed by atoms with Crippen LogP contribution in [0.5, 0.6) is 11.5 Å². The van der Waals surface area contributed by atoms with Crippen molar-refractivity contribution >= 4 is 23.2 Å². The number of carbonyl (C=O) groups is 2. The van der Waals surface area contributed by atoms with E-state index in [-0.39, 0.29) is 19.1 Å². The predicted molar refractivity (Wildman–Crippen MR) is 85.8 cm³/mol. The number of nitriles is 1. The van der Waals surface area contributed by atoms with E-state index < -0.39 is 5.91 Å². The Hall–Kier alpha value is -3.53. The van der Waals surface area contributed by atoms with Crippen LogP contribution >= 0.6 is 0 Å². The Kier molecular flexibility index (Phi) is 4.29. The molecule has 2 N–H and O–H groups in total. The van der Waals surface area contributed by atoms with E-state index in [9.17, 15) is 9.59 Å². The average Bonchev–Trinajstić information content (AvgIpc) is 3.03. The summed E-state index contributed by atoms with van der Waals surface area (Å²) in [6.45, 7) is 0.153. The molecule has 0 aliphatic carbocycles. The third kappa shape index (κ3) is 3.28. The van der Waals surface area contributed by atoms with Gasteiger partial charge in [0.1, 0.15) is 6.42 Å². The summed E-state index contributed by atoms with van der Waals surface area (Å²) < 4.78 is 10.5. The Morgan fingerprint density at radius 1 is 1.08 bits per heavy atom. The van der Waals surface area contributed by atoms with E-state index in [2.05, 4.69) is 10.6 Å². The SMILES string of the molecule is N#CCC(=O)Nc1ccccc1C(=O)Nc1ccc2c(c1)OCO2. The quantitative estimate of drug-likeness (QED) is 0.900. The van der Waals surface area contributed by atoms with Gasteiger partial charge in [0.25, 0.3) is 5.91 Å². The third-order valence-corrected chi connectivity index (χ3v) is 3.32. The summed E-state index contributed by atoms with van der Waals surface area (Å²) in [5.41, 5.74) is 1.18. The fraction of sp³-hybridized carbons (Fsp3) is 0.118. The van der Waals surface area contributed by atoms with Gasteiger partial charge in [-0.1, -0.05) is 12.1 Å². The molecule has 120 valence electrons. The number of anilines is 2. The van der Waals surface area contributed by atoms with E-state index in [0.29, 0.717) is 28.4 Å². The minimum absolute atomic E-state index is 0.153. The number of hydrogen-bond donors (Lipinski definition) is 2. The van der Waals surface area contributed by atoms with Gasteiger partial charge in [0.15, 0.2) is 11.5 Å². The van der Waals surface area contributed by atoms with Crippen molar-refractivity contribution in [1.29, 1.82) is 5.26 Å². The Balaban J connectivity index is 1.78. The Morgan fingerprint density at radius 2 is 1.88 bits per heavy atom. The number of hydrogen-bond acceptors (Lipinski definition) is 5. The number of carbonyl (C=O) groups excluding carboxylic acids is 2. The number of amides is 2. The van der Waals surface area contributed by atoms with Crippen molar-refractivity contribution in [2.75, 3.05) is 17.4 Å². The molecule has 1 aliphatic rings. The van der Waals surface area contributed by atoms with E-state index in [0.717, 1.165) is 0 Å². The van der Waals surface area contributed by atoms with E-state index in [4.69, 9.17) is 14.7 Å². The zero-order valence-corrected chi connectivity index (χ0v) is 12.5. The first-order valence-electron chi connectivity index (χ1n) is 7.14. The van der Waals surface area contributed by atoms with Crippen LogP contribution in [0.3, 0.4) is 0 Å². The third-order valence-electron chi connectivity index (χ3n) is 3.32. The summed E-state index contributed by atoms with van der Waals surface area (Å²) >= 11 is 0. The number of nitrogens with zero attached hydrogens (tertiary/aromatic N) is 1. The maximum atomic E-state index is 12.5. The van der Waals surface area contributed by atoms with Crippen molar-refractivity contribution in [3.05, 3.63) is 48.0 Å². The fourth-order valence-corrected chi connectivity index (χ4v) is 2.23. The van der Waals surface area contributed by atoms with Crippen LogP contribution in [0.4, 0.5) is 11.4 Å². The van der Waals surface area contributed by atoms with E-state index in [1.165, 1.54) is 0 Å². The Bertz CT molecular complexity index is 842. The summed E-state index contributed by atoms with van der Waals surface area (Å²) in [4.78, 5) is 24.1. The first-order valence-corrected chi connectivity index (χ1v) is 7.14. The molecule has 0 unspecified atom stereocenters. The molecule has 0 bridgehead atoms. The molecule has 7 heteroatoms. The van der Waals surface area contributed by atoms with Gasteiger partial charge in [-0.2, -0.15) is 5.26 Å². The van der Waals surface area contributed by atoms with Crippen LogP contribution in [-0.2, 0) is 4.79 Å². The van der Waals surface area contributed by atoms with E-state index in [1.807, 2.05) is 0 Å². The predicted octanol–water partition coefficient (Wildman–Crippen LogP) is 2.52. The van der Waals surface area contributed by atoms with Crippen LogP contribution in [0.25, 0.3) is 0 Å². The molecule has 0 saturated heterocycles. The summed E-state index contributed by atoms with van der Waals surface area (Å²) in [5, 5.41) is 13.8. The number of nitrogens with one attached hydrogen (secondary N) is 2. The van der Waals surface area contributed by atoms with Gasteiger partial charge in [0, 0.05) is 11.8 Å². The molecule has 0 saturated carbocycles. The van der Waals surface area contributed by atoms with Gasteiger partial charge in [-0.25, -0.2) is 0 Å². The topological polar surface area (TPSA) is 100 Å². The molecular weight excluding hydrogens is 310 g/mol. The van der Waals surface area contributed by atoms with Gasteiger partial charge in [-0.05, 0) is 24.3 Å². The normalized spacial score (nSPS) is 11.5. The first kappa shape index (κ1) is 15.4. The Labute approximate surface area is 137 Å². The molecule has 7 nitrogen and oxygen atoms in total. The maximum absolute atomic E-state index is 12.5. The molecule has 0 atom stereocenters. The minimum Gasteiger partial charge on any atom is -0.454 e. The largest absolute Gasteiger partial charge is 0.454 e. The number of rotatable bonds is 4. The van der Waals surface area contributed by atoms with Crippen molar-refractivity contribution in [2.24, 2.45) is 0 Å². The van der Waals surface area contributed by atoms with E-state index in [1.54, 1.807) is 48.5 Å². The summed E-state index contributed by atoms with van der Waals surface area (Å²) in [6, 6.07) is 13.4. The van der Waals surface area contributed by atoms with Gasteiger partial charge >= 0.3 is 0 Å². The van der Waals surface area contributed by atoms with Crippen molar-refractivity contribution in [1.82, 2.24) is 0 Å². The van der Waals surface area contributed by atoms with Crippen LogP contribution < -0.4 is 20.1 Å². The number of benzene rings is 2. The first-order chi connectivity index (χ1) is 11.7. The molecular formula is C17H13N3O4. The lowest BCUT2D eigenvalue weighted by Gasteiger charge is -2.11. The summed E-state index contributed by atoms with van der Waals surface area (Å²) in [6.07, 6.45) is -0.280. The molecule has 1 aliphatic heterocycles. The second kappa shape index (κ2) is 6.71. The average molecular weight is 323 g/mol. The molecule has 2 amide bonds. The molecule has 0 spiro atoms. The monoisotopic (exact) mass is 323 g/mol. The standard InChI is InChI=1S/C17H13N3O4/c18-8-7-16(21)20-13-4-2-1-3-12(13)17(22)19-11-5-6-14-15(9-11)24-10-23-14/h1-6,9H,7,10H2,(H,19,22)(H,20,21). The fourth-order valence-electron chi connectivity index (χ4n) is 2.23. The van der Waals surface area contributed by atoms with Gasteiger partial charge < -0.3 is 20.1 Å². The summed E-state index contributed by atoms with van der Waals surface area (Å²) in [5.74, 6) is 0.322. The van der Waals surface area contributed by atoms with Crippen molar-refractivity contribution in [2.45, 2.75) is 6.42 Å². The van der Waals surface area contributed by atoms with Crippen LogP contribution in [0.1, 0.15) is 16.8 Å². The number of ether oxygens (including phenoxy) is 2. The van der Waals surface area contributed by atoms with Crippen LogP contribution in [0.2, 0.25) is 0 Å². The molecule has 24 heavy (non-hydrogen) atoms. The Morgan fingerprint density at radius 3 is 2.71 bits per heavy atom. The highest BCUT2D eigenvalue weighted by molar-refractivity contribution is 6.10. The van der Waals surface area contributed by atoms with Crippen LogP contribution in [-0.4, -0.2) is 18.6 Å². The lowest BCUT2D eigenvalue weighted by Crippen LogP contribution is -2.17. The zero-order valence-electron chi connectivity index (χ0n) is 12.5. The molecule has 1 heterocycles. The molecule has 0 aromatic heterocycles. The number of fused-ring (bicyclic) bond motifs is 1. The highest BCUT2D eigenvalue weighted by Crippen LogP contribution is 2.34. The zero-order chi connectivity index (χ0) is 16.9. The molecule has 0 radical (unpaired) electrons. The second-order valence-electron chi connectivity index (χ2n) is 4.95. The van der Waals surface area contributed by atoms with E-state index >= 15 is 0 Å². The molecule has 2 aromatic carbocycles. The number of para-hydroxylation sites is 1. The molecule has 2 aromatic rings. The highest BCUT2D eigenvalue weighted by atomic mass is 16.7. The van der Waals surface area contributed by atoms with Gasteiger partial charge in [-0.15, -0.1) is 0 Å².